The number of pyridine rings is 1. The smallest absolute Gasteiger partial charge is 0.259 e. The first-order chi connectivity index (χ1) is 9.24. The van der Waals surface area contributed by atoms with E-state index in [4.69, 9.17) is 9.26 Å². The van der Waals surface area contributed by atoms with E-state index in [-0.39, 0.29) is 5.92 Å². The molecule has 0 saturated carbocycles. The Balaban J connectivity index is 1.81. The molecule has 0 radical (unpaired) electrons. The van der Waals surface area contributed by atoms with Gasteiger partial charge in [0.2, 0.25) is 0 Å². The molecule has 1 atom stereocenters. The molecule has 2 aromatic heterocycles. The fraction of sp³-hybridized carbons (Fsp3) is 0.462. The summed E-state index contributed by atoms with van der Waals surface area (Å²) in [6, 6.07) is 3.86. The monoisotopic (exact) mass is 260 g/mol. The first-order valence-electron chi connectivity index (χ1n) is 6.29. The lowest BCUT2D eigenvalue weighted by Gasteiger charge is -2.10. The molecule has 3 rings (SSSR count). The largest absolute Gasteiger partial charge is 0.381 e. The van der Waals surface area contributed by atoms with E-state index in [9.17, 15) is 0 Å². The van der Waals surface area contributed by atoms with Crippen molar-refractivity contribution in [1.82, 2.24) is 15.1 Å². The Labute approximate surface area is 111 Å². The molecule has 6 nitrogen and oxygen atoms in total. The van der Waals surface area contributed by atoms with E-state index < -0.39 is 0 Å². The van der Waals surface area contributed by atoms with Gasteiger partial charge in [-0.2, -0.15) is 4.98 Å². The molecule has 100 valence electrons. The van der Waals surface area contributed by atoms with Crippen LogP contribution in [0.4, 0.5) is 5.82 Å². The third kappa shape index (κ3) is 2.44. The molecule has 2 aromatic rings. The Morgan fingerprint density at radius 1 is 1.32 bits per heavy atom. The van der Waals surface area contributed by atoms with Crippen molar-refractivity contribution >= 4 is 5.82 Å². The highest BCUT2D eigenvalue weighted by molar-refractivity contribution is 5.54. The molecular weight excluding hydrogens is 244 g/mol. The zero-order valence-electron chi connectivity index (χ0n) is 11.0. The summed E-state index contributed by atoms with van der Waals surface area (Å²) in [5, 5.41) is 4.03. The van der Waals surface area contributed by atoms with Gasteiger partial charge in [-0.3, -0.25) is 0 Å². The van der Waals surface area contributed by atoms with Crippen LogP contribution >= 0.6 is 0 Å². The number of anilines is 1. The second kappa shape index (κ2) is 4.97. The molecule has 0 N–H and O–H groups in total. The summed E-state index contributed by atoms with van der Waals surface area (Å²) < 4.78 is 10.6. The quantitative estimate of drug-likeness (QED) is 0.837. The summed E-state index contributed by atoms with van der Waals surface area (Å²) in [5.74, 6) is 2.39. The predicted octanol–water partition coefficient (Wildman–Crippen LogP) is 1.70. The SMILES string of the molecule is CN(C)c1ccc(-c2nc([C@H]3CCOC3)no2)cn1. The summed E-state index contributed by atoms with van der Waals surface area (Å²) in [6.45, 7) is 1.45. The fourth-order valence-corrected chi connectivity index (χ4v) is 2.03. The van der Waals surface area contributed by atoms with Crippen molar-refractivity contribution in [3.8, 4) is 11.5 Å². The summed E-state index contributed by atoms with van der Waals surface area (Å²) in [4.78, 5) is 10.7. The zero-order chi connectivity index (χ0) is 13.2. The van der Waals surface area contributed by atoms with Gasteiger partial charge in [-0.1, -0.05) is 5.16 Å². The highest BCUT2D eigenvalue weighted by Crippen LogP contribution is 2.25. The highest BCUT2D eigenvalue weighted by Gasteiger charge is 2.23. The van der Waals surface area contributed by atoms with Crippen LogP contribution < -0.4 is 4.90 Å². The third-order valence-electron chi connectivity index (χ3n) is 3.19. The van der Waals surface area contributed by atoms with Crippen molar-refractivity contribution in [1.29, 1.82) is 0 Å². The molecule has 19 heavy (non-hydrogen) atoms. The fourth-order valence-electron chi connectivity index (χ4n) is 2.03. The predicted molar refractivity (Wildman–Crippen MR) is 70.0 cm³/mol. The molecule has 0 unspecified atom stereocenters. The van der Waals surface area contributed by atoms with E-state index in [1.807, 2.05) is 31.1 Å². The lowest BCUT2D eigenvalue weighted by Crippen LogP contribution is -2.09. The standard InChI is InChI=1S/C13H16N4O2/c1-17(2)11-4-3-9(7-14-11)13-15-12(16-19-13)10-5-6-18-8-10/h3-4,7,10H,5-6,8H2,1-2H3/t10-/m0/s1. The van der Waals surface area contributed by atoms with Crippen LogP contribution in [-0.4, -0.2) is 42.4 Å². The van der Waals surface area contributed by atoms with Gasteiger partial charge in [-0.15, -0.1) is 0 Å². The Hall–Kier alpha value is -1.95. The van der Waals surface area contributed by atoms with Gasteiger partial charge in [0, 0.05) is 32.8 Å². The number of ether oxygens (including phenoxy) is 1. The summed E-state index contributed by atoms with van der Waals surface area (Å²) >= 11 is 0. The second-order valence-electron chi connectivity index (χ2n) is 4.82. The Morgan fingerprint density at radius 3 is 2.84 bits per heavy atom. The maximum Gasteiger partial charge on any atom is 0.259 e. The van der Waals surface area contributed by atoms with Crippen molar-refractivity contribution in [2.24, 2.45) is 0 Å². The van der Waals surface area contributed by atoms with E-state index in [1.54, 1.807) is 6.20 Å². The van der Waals surface area contributed by atoms with E-state index in [2.05, 4.69) is 15.1 Å². The van der Waals surface area contributed by atoms with Crippen molar-refractivity contribution < 1.29 is 9.26 Å². The average molecular weight is 260 g/mol. The van der Waals surface area contributed by atoms with Crippen LogP contribution in [0.25, 0.3) is 11.5 Å². The van der Waals surface area contributed by atoms with Gasteiger partial charge < -0.3 is 14.2 Å². The van der Waals surface area contributed by atoms with Crippen LogP contribution in [0.3, 0.4) is 0 Å². The summed E-state index contributed by atoms with van der Waals surface area (Å²) in [7, 11) is 3.90. The first-order valence-corrected chi connectivity index (χ1v) is 6.29. The lowest BCUT2D eigenvalue weighted by atomic mass is 10.1. The number of aromatic nitrogens is 3. The molecule has 3 heterocycles. The molecule has 0 amide bonds. The zero-order valence-corrected chi connectivity index (χ0v) is 11.0. The maximum atomic E-state index is 5.33. The molecule has 0 spiro atoms. The van der Waals surface area contributed by atoms with E-state index >= 15 is 0 Å². The minimum Gasteiger partial charge on any atom is -0.381 e. The molecule has 1 fully saturated rings. The van der Waals surface area contributed by atoms with Gasteiger partial charge in [0.05, 0.1) is 12.2 Å². The molecule has 0 aliphatic carbocycles. The number of rotatable bonds is 3. The van der Waals surface area contributed by atoms with Crippen molar-refractivity contribution in [3.05, 3.63) is 24.2 Å². The molecule has 1 aliphatic heterocycles. The number of nitrogens with zero attached hydrogens (tertiary/aromatic N) is 4. The van der Waals surface area contributed by atoms with Gasteiger partial charge in [0.25, 0.3) is 5.89 Å². The van der Waals surface area contributed by atoms with Gasteiger partial charge in [-0.05, 0) is 18.6 Å². The van der Waals surface area contributed by atoms with Crippen molar-refractivity contribution in [3.63, 3.8) is 0 Å². The number of hydrogen-bond acceptors (Lipinski definition) is 6. The molecule has 1 aliphatic rings. The topological polar surface area (TPSA) is 64.3 Å². The van der Waals surface area contributed by atoms with Crippen molar-refractivity contribution in [2.75, 3.05) is 32.2 Å². The van der Waals surface area contributed by atoms with Gasteiger partial charge in [0.1, 0.15) is 5.82 Å². The number of hydrogen-bond donors (Lipinski definition) is 0. The Morgan fingerprint density at radius 2 is 2.21 bits per heavy atom. The molecule has 0 aromatic carbocycles. The molecule has 6 heteroatoms. The lowest BCUT2D eigenvalue weighted by molar-refractivity contribution is 0.192. The average Bonchev–Trinajstić information content (AvgIpc) is 3.10. The van der Waals surface area contributed by atoms with Crippen LogP contribution in [-0.2, 0) is 4.74 Å². The van der Waals surface area contributed by atoms with Gasteiger partial charge in [0.15, 0.2) is 5.82 Å². The summed E-state index contributed by atoms with van der Waals surface area (Å²) in [5.41, 5.74) is 0.836. The van der Waals surface area contributed by atoms with Crippen LogP contribution in [0, 0.1) is 0 Å². The Bertz CT molecular complexity index is 544. The molecular formula is C13H16N4O2. The van der Waals surface area contributed by atoms with Crippen LogP contribution in [0.15, 0.2) is 22.9 Å². The van der Waals surface area contributed by atoms with E-state index in [1.165, 1.54) is 0 Å². The minimum atomic E-state index is 0.256. The first kappa shape index (κ1) is 12.1. The second-order valence-corrected chi connectivity index (χ2v) is 4.82. The Kier molecular flexibility index (Phi) is 3.16. The van der Waals surface area contributed by atoms with E-state index in [0.29, 0.717) is 12.5 Å². The highest BCUT2D eigenvalue weighted by atomic mass is 16.5. The van der Waals surface area contributed by atoms with Crippen molar-refractivity contribution in [2.45, 2.75) is 12.3 Å². The third-order valence-corrected chi connectivity index (χ3v) is 3.19. The van der Waals surface area contributed by atoms with E-state index in [0.717, 1.165) is 30.2 Å². The molecule has 0 bridgehead atoms. The van der Waals surface area contributed by atoms with Crippen LogP contribution in [0.2, 0.25) is 0 Å². The van der Waals surface area contributed by atoms with Gasteiger partial charge in [-0.25, -0.2) is 4.98 Å². The van der Waals surface area contributed by atoms with Crippen LogP contribution in [0.1, 0.15) is 18.2 Å². The van der Waals surface area contributed by atoms with Crippen LogP contribution in [0.5, 0.6) is 0 Å². The van der Waals surface area contributed by atoms with Gasteiger partial charge >= 0.3 is 0 Å². The molecule has 1 saturated heterocycles. The maximum absolute atomic E-state index is 5.33. The normalized spacial score (nSPS) is 18.7. The minimum absolute atomic E-state index is 0.256. The summed E-state index contributed by atoms with van der Waals surface area (Å²) in [6.07, 6.45) is 2.70.